The molecule has 0 spiro atoms. The summed E-state index contributed by atoms with van der Waals surface area (Å²) in [6.07, 6.45) is 1.41. The van der Waals surface area contributed by atoms with Crippen LogP contribution >= 0.6 is 0 Å². The third-order valence-corrected chi connectivity index (χ3v) is 5.33. The normalized spacial score (nSPS) is 26.2. The molecule has 0 N–H and O–H groups in total. The van der Waals surface area contributed by atoms with Gasteiger partial charge in [-0.2, -0.15) is 0 Å². The molecule has 3 rings (SSSR count). The zero-order valence-corrected chi connectivity index (χ0v) is 16.0. The van der Waals surface area contributed by atoms with Crippen LogP contribution in [0.2, 0.25) is 0 Å². The molecule has 0 aromatic heterocycles. The summed E-state index contributed by atoms with van der Waals surface area (Å²) >= 11 is 0. The third-order valence-electron chi connectivity index (χ3n) is 5.33. The highest BCUT2D eigenvalue weighted by Crippen LogP contribution is 2.36. The molecule has 6 nitrogen and oxygen atoms in total. The smallest absolute Gasteiger partial charge is 0.228 e. The Hall–Kier alpha value is -2.24. The Kier molecular flexibility index (Phi) is 5.39. The van der Waals surface area contributed by atoms with Crippen molar-refractivity contribution in [1.82, 2.24) is 4.90 Å². The lowest BCUT2D eigenvalue weighted by atomic mass is 9.91. The number of nitrogens with zero attached hydrogens (tertiary/aromatic N) is 2. The number of piperidine rings is 1. The molecule has 0 saturated carbocycles. The van der Waals surface area contributed by atoms with Crippen molar-refractivity contribution in [2.75, 3.05) is 38.8 Å². The molecule has 0 radical (unpaired) electrons. The van der Waals surface area contributed by atoms with Gasteiger partial charge in [-0.05, 0) is 30.4 Å². The minimum atomic E-state index is -0.285. The number of anilines is 1. The number of benzene rings is 1. The van der Waals surface area contributed by atoms with Gasteiger partial charge in [0.05, 0.1) is 25.8 Å². The molecule has 1 aromatic carbocycles. The SMILES string of the molecule is COc1ccc(N2C[C@H](C(=O)N3C[C@H](C)C[C@H](C)C3)CC2=O)c(OC)c1. The highest BCUT2D eigenvalue weighted by Gasteiger charge is 2.39. The fraction of sp³-hybridized carbons (Fsp3) is 0.600. The predicted octanol–water partition coefficient (Wildman–Crippen LogP) is 2.56. The van der Waals surface area contributed by atoms with E-state index in [0.29, 0.717) is 35.6 Å². The second-order valence-corrected chi connectivity index (χ2v) is 7.63. The molecule has 2 saturated heterocycles. The summed E-state index contributed by atoms with van der Waals surface area (Å²) in [5.74, 6) is 2.05. The van der Waals surface area contributed by atoms with Gasteiger partial charge in [0.25, 0.3) is 0 Å². The van der Waals surface area contributed by atoms with Gasteiger partial charge in [0.1, 0.15) is 11.5 Å². The van der Waals surface area contributed by atoms with Crippen LogP contribution < -0.4 is 14.4 Å². The molecule has 0 bridgehead atoms. The van der Waals surface area contributed by atoms with Gasteiger partial charge in [-0.1, -0.05) is 13.8 Å². The number of rotatable bonds is 4. The van der Waals surface area contributed by atoms with Crippen molar-refractivity contribution in [3.8, 4) is 11.5 Å². The molecule has 0 unspecified atom stereocenters. The van der Waals surface area contributed by atoms with E-state index in [4.69, 9.17) is 9.47 Å². The fourth-order valence-corrected chi connectivity index (χ4v) is 4.21. The molecule has 2 aliphatic heterocycles. The molecule has 0 aliphatic carbocycles. The number of carbonyl (C=O) groups is 2. The van der Waals surface area contributed by atoms with Crippen LogP contribution in [0.5, 0.6) is 11.5 Å². The average molecular weight is 360 g/mol. The number of carbonyl (C=O) groups excluding carboxylic acids is 2. The van der Waals surface area contributed by atoms with Crippen LogP contribution in [0.15, 0.2) is 18.2 Å². The van der Waals surface area contributed by atoms with Crippen molar-refractivity contribution < 1.29 is 19.1 Å². The van der Waals surface area contributed by atoms with E-state index in [1.807, 2.05) is 11.0 Å². The second kappa shape index (κ2) is 7.56. The Labute approximate surface area is 155 Å². The van der Waals surface area contributed by atoms with E-state index in [1.165, 1.54) is 0 Å². The van der Waals surface area contributed by atoms with Crippen LogP contribution in [0.4, 0.5) is 5.69 Å². The third kappa shape index (κ3) is 3.64. The fourth-order valence-electron chi connectivity index (χ4n) is 4.21. The number of hydrogen-bond donors (Lipinski definition) is 0. The number of likely N-dealkylation sites (tertiary alicyclic amines) is 1. The van der Waals surface area contributed by atoms with Gasteiger partial charge in [-0.3, -0.25) is 9.59 Å². The van der Waals surface area contributed by atoms with E-state index < -0.39 is 0 Å². The Bertz CT molecular complexity index is 680. The Morgan fingerprint density at radius 2 is 1.77 bits per heavy atom. The largest absolute Gasteiger partial charge is 0.497 e. The second-order valence-electron chi connectivity index (χ2n) is 7.63. The standard InChI is InChI=1S/C20H28N2O4/c1-13-7-14(2)11-21(10-13)20(24)15-8-19(23)22(12-15)17-6-5-16(25-3)9-18(17)26-4/h5-6,9,13-15H,7-8,10-12H2,1-4H3/t13-,14+,15-/m1/s1. The maximum atomic E-state index is 13.0. The average Bonchev–Trinajstić information content (AvgIpc) is 3.01. The molecule has 2 heterocycles. The van der Waals surface area contributed by atoms with Gasteiger partial charge in [-0.15, -0.1) is 0 Å². The van der Waals surface area contributed by atoms with Crippen molar-refractivity contribution in [2.24, 2.45) is 17.8 Å². The predicted molar refractivity (Wildman–Crippen MR) is 99.5 cm³/mol. The summed E-state index contributed by atoms with van der Waals surface area (Å²) in [6, 6.07) is 5.37. The highest BCUT2D eigenvalue weighted by atomic mass is 16.5. The number of amides is 2. The first kappa shape index (κ1) is 18.5. The van der Waals surface area contributed by atoms with Crippen LogP contribution in [-0.2, 0) is 9.59 Å². The lowest BCUT2D eigenvalue weighted by Gasteiger charge is -2.36. The lowest BCUT2D eigenvalue weighted by molar-refractivity contribution is -0.138. The first-order valence-electron chi connectivity index (χ1n) is 9.24. The zero-order valence-electron chi connectivity index (χ0n) is 16.0. The van der Waals surface area contributed by atoms with Crippen LogP contribution in [-0.4, -0.2) is 50.6 Å². The van der Waals surface area contributed by atoms with Crippen molar-refractivity contribution in [3.63, 3.8) is 0 Å². The van der Waals surface area contributed by atoms with E-state index in [1.54, 1.807) is 31.3 Å². The summed E-state index contributed by atoms with van der Waals surface area (Å²) in [6.45, 7) is 6.35. The van der Waals surface area contributed by atoms with Crippen LogP contribution in [0, 0.1) is 17.8 Å². The molecule has 26 heavy (non-hydrogen) atoms. The van der Waals surface area contributed by atoms with E-state index in [-0.39, 0.29) is 24.2 Å². The number of ether oxygens (including phenoxy) is 2. The molecule has 2 amide bonds. The lowest BCUT2D eigenvalue weighted by Crippen LogP contribution is -2.45. The van der Waals surface area contributed by atoms with Crippen LogP contribution in [0.3, 0.4) is 0 Å². The minimum Gasteiger partial charge on any atom is -0.497 e. The number of methoxy groups -OCH3 is 2. The van der Waals surface area contributed by atoms with Gasteiger partial charge < -0.3 is 19.3 Å². The van der Waals surface area contributed by atoms with Crippen molar-refractivity contribution in [2.45, 2.75) is 26.7 Å². The molecule has 3 atom stereocenters. The monoisotopic (exact) mass is 360 g/mol. The Morgan fingerprint density at radius 1 is 1.08 bits per heavy atom. The van der Waals surface area contributed by atoms with Gasteiger partial charge in [0.15, 0.2) is 0 Å². The van der Waals surface area contributed by atoms with Gasteiger partial charge in [0, 0.05) is 32.1 Å². The Morgan fingerprint density at radius 3 is 2.38 bits per heavy atom. The first-order chi connectivity index (χ1) is 12.4. The quantitative estimate of drug-likeness (QED) is 0.828. The molecule has 1 aromatic rings. The van der Waals surface area contributed by atoms with E-state index in [0.717, 1.165) is 19.5 Å². The van der Waals surface area contributed by atoms with Gasteiger partial charge in [-0.25, -0.2) is 0 Å². The topological polar surface area (TPSA) is 59.1 Å². The van der Waals surface area contributed by atoms with E-state index in [2.05, 4.69) is 13.8 Å². The maximum Gasteiger partial charge on any atom is 0.228 e. The molecule has 2 fully saturated rings. The van der Waals surface area contributed by atoms with E-state index >= 15 is 0 Å². The molecule has 2 aliphatic rings. The summed E-state index contributed by atoms with van der Waals surface area (Å²) in [5.41, 5.74) is 0.689. The van der Waals surface area contributed by atoms with Crippen molar-refractivity contribution >= 4 is 17.5 Å². The zero-order chi connectivity index (χ0) is 18.8. The molecular weight excluding hydrogens is 332 g/mol. The maximum absolute atomic E-state index is 13.0. The highest BCUT2D eigenvalue weighted by molar-refractivity contribution is 6.01. The minimum absolute atomic E-state index is 0.0371. The van der Waals surface area contributed by atoms with Crippen LogP contribution in [0.1, 0.15) is 26.7 Å². The summed E-state index contributed by atoms with van der Waals surface area (Å²) in [5, 5.41) is 0. The van der Waals surface area contributed by atoms with Crippen molar-refractivity contribution in [1.29, 1.82) is 0 Å². The van der Waals surface area contributed by atoms with E-state index in [9.17, 15) is 9.59 Å². The van der Waals surface area contributed by atoms with Crippen molar-refractivity contribution in [3.05, 3.63) is 18.2 Å². The number of hydrogen-bond acceptors (Lipinski definition) is 4. The van der Waals surface area contributed by atoms with Crippen LogP contribution in [0.25, 0.3) is 0 Å². The summed E-state index contributed by atoms with van der Waals surface area (Å²) in [7, 11) is 3.16. The molecule has 6 heteroatoms. The van der Waals surface area contributed by atoms with Gasteiger partial charge in [0.2, 0.25) is 11.8 Å². The van der Waals surface area contributed by atoms with Gasteiger partial charge >= 0.3 is 0 Å². The summed E-state index contributed by atoms with van der Waals surface area (Å²) < 4.78 is 10.6. The first-order valence-corrected chi connectivity index (χ1v) is 9.24. The summed E-state index contributed by atoms with van der Waals surface area (Å²) in [4.78, 5) is 29.2. The molecular formula is C20H28N2O4. The molecule has 142 valence electrons. The Balaban J connectivity index is 1.75.